The van der Waals surface area contributed by atoms with Crippen LogP contribution in [0.15, 0.2) is 57.7 Å². The molecule has 1 aliphatic rings. The minimum Gasteiger partial charge on any atom is -0.459 e. The molecule has 1 amide bonds. The van der Waals surface area contributed by atoms with Gasteiger partial charge in [0.05, 0.1) is 12.8 Å². The van der Waals surface area contributed by atoms with Crippen LogP contribution in [-0.4, -0.2) is 65.1 Å². The van der Waals surface area contributed by atoms with E-state index in [1.807, 2.05) is 18.2 Å². The third-order valence-corrected chi connectivity index (χ3v) is 5.00. The maximum Gasteiger partial charge on any atom is 0.287 e. The zero-order chi connectivity index (χ0) is 19.9. The number of nitrogens with zero attached hydrogens (tertiary/aromatic N) is 4. The second-order valence-electron chi connectivity index (χ2n) is 7.12. The van der Waals surface area contributed by atoms with E-state index in [1.54, 1.807) is 12.1 Å². The van der Waals surface area contributed by atoms with Gasteiger partial charge in [0, 0.05) is 45.7 Å². The summed E-state index contributed by atoms with van der Waals surface area (Å²) in [7, 11) is 0. The Kier molecular flexibility index (Phi) is 6.33. The molecule has 8 nitrogen and oxygen atoms in total. The van der Waals surface area contributed by atoms with E-state index in [0.717, 1.165) is 38.5 Å². The van der Waals surface area contributed by atoms with Crippen LogP contribution in [0.5, 0.6) is 0 Å². The van der Waals surface area contributed by atoms with Gasteiger partial charge in [0.2, 0.25) is 5.89 Å². The second kappa shape index (κ2) is 9.49. The fraction of sp³-hybridized carbons (Fsp3) is 0.381. The molecule has 1 saturated heterocycles. The van der Waals surface area contributed by atoms with Gasteiger partial charge < -0.3 is 14.3 Å². The molecule has 0 saturated carbocycles. The Morgan fingerprint density at radius 3 is 2.59 bits per heavy atom. The summed E-state index contributed by atoms with van der Waals surface area (Å²) in [6.45, 7) is 5.85. The molecule has 2 aromatic heterocycles. The number of amides is 1. The molecule has 0 unspecified atom stereocenters. The SMILES string of the molecule is O=C(NCCN1CCN(Cc2nc(Cc3ccccc3)no2)CC1)c1ccco1. The highest BCUT2D eigenvalue weighted by Crippen LogP contribution is 2.10. The van der Waals surface area contributed by atoms with Gasteiger partial charge in [-0.1, -0.05) is 35.5 Å². The first-order chi connectivity index (χ1) is 14.3. The molecule has 0 bridgehead atoms. The Bertz CT molecular complexity index is 886. The average molecular weight is 395 g/mol. The van der Waals surface area contributed by atoms with Crippen molar-refractivity contribution in [1.82, 2.24) is 25.3 Å². The maximum absolute atomic E-state index is 11.9. The monoisotopic (exact) mass is 395 g/mol. The average Bonchev–Trinajstić information content (AvgIpc) is 3.43. The van der Waals surface area contributed by atoms with Gasteiger partial charge in [-0.15, -0.1) is 0 Å². The van der Waals surface area contributed by atoms with Gasteiger partial charge in [-0.2, -0.15) is 4.98 Å². The highest BCUT2D eigenvalue weighted by atomic mass is 16.5. The van der Waals surface area contributed by atoms with E-state index in [2.05, 4.69) is 37.4 Å². The molecule has 29 heavy (non-hydrogen) atoms. The summed E-state index contributed by atoms with van der Waals surface area (Å²) < 4.78 is 10.5. The summed E-state index contributed by atoms with van der Waals surface area (Å²) in [4.78, 5) is 21.0. The van der Waals surface area contributed by atoms with Crippen molar-refractivity contribution in [1.29, 1.82) is 0 Å². The highest BCUT2D eigenvalue weighted by Gasteiger charge is 2.19. The first kappa shape index (κ1) is 19.4. The van der Waals surface area contributed by atoms with Crippen molar-refractivity contribution in [2.45, 2.75) is 13.0 Å². The Morgan fingerprint density at radius 1 is 1.03 bits per heavy atom. The summed E-state index contributed by atoms with van der Waals surface area (Å²) in [5.41, 5.74) is 1.17. The van der Waals surface area contributed by atoms with Crippen LogP contribution in [0, 0.1) is 0 Å². The van der Waals surface area contributed by atoms with Crippen molar-refractivity contribution in [2.24, 2.45) is 0 Å². The Morgan fingerprint density at radius 2 is 1.83 bits per heavy atom. The predicted molar refractivity (Wildman–Crippen MR) is 106 cm³/mol. The quantitative estimate of drug-likeness (QED) is 0.622. The summed E-state index contributed by atoms with van der Waals surface area (Å²) in [6.07, 6.45) is 2.18. The lowest BCUT2D eigenvalue weighted by molar-refractivity contribution is 0.0902. The van der Waals surface area contributed by atoms with Gasteiger partial charge in [-0.3, -0.25) is 14.6 Å². The molecule has 3 heterocycles. The zero-order valence-corrected chi connectivity index (χ0v) is 16.3. The van der Waals surface area contributed by atoms with Gasteiger partial charge >= 0.3 is 0 Å². The zero-order valence-electron chi connectivity index (χ0n) is 16.3. The van der Waals surface area contributed by atoms with Gasteiger partial charge in [-0.25, -0.2) is 0 Å². The molecule has 1 aliphatic heterocycles. The molecule has 0 aliphatic carbocycles. The lowest BCUT2D eigenvalue weighted by atomic mass is 10.1. The molecule has 152 valence electrons. The molecule has 0 atom stereocenters. The van der Waals surface area contributed by atoms with Crippen LogP contribution in [0.2, 0.25) is 0 Å². The second-order valence-corrected chi connectivity index (χ2v) is 7.12. The fourth-order valence-corrected chi connectivity index (χ4v) is 3.39. The van der Waals surface area contributed by atoms with Crippen molar-refractivity contribution in [3.8, 4) is 0 Å². The summed E-state index contributed by atoms with van der Waals surface area (Å²) in [5.74, 6) is 1.56. The number of nitrogens with one attached hydrogen (secondary N) is 1. The van der Waals surface area contributed by atoms with Crippen LogP contribution in [0.1, 0.15) is 27.8 Å². The number of piperazine rings is 1. The normalized spacial score (nSPS) is 15.4. The number of carbonyl (C=O) groups is 1. The van der Waals surface area contributed by atoms with Crippen LogP contribution >= 0.6 is 0 Å². The molecule has 3 aromatic rings. The molecule has 1 fully saturated rings. The van der Waals surface area contributed by atoms with Gasteiger partial charge in [0.1, 0.15) is 0 Å². The minimum absolute atomic E-state index is 0.170. The molecule has 4 rings (SSSR count). The van der Waals surface area contributed by atoms with Crippen LogP contribution in [-0.2, 0) is 13.0 Å². The van der Waals surface area contributed by atoms with Crippen LogP contribution in [0.25, 0.3) is 0 Å². The number of aromatic nitrogens is 2. The van der Waals surface area contributed by atoms with Crippen molar-refractivity contribution in [2.75, 3.05) is 39.3 Å². The number of benzene rings is 1. The summed E-state index contributed by atoms with van der Waals surface area (Å²) in [5, 5.41) is 6.98. The first-order valence-electron chi connectivity index (χ1n) is 9.88. The van der Waals surface area contributed by atoms with E-state index in [1.165, 1.54) is 11.8 Å². The van der Waals surface area contributed by atoms with Crippen LogP contribution in [0.4, 0.5) is 0 Å². The first-order valence-corrected chi connectivity index (χ1v) is 9.88. The van der Waals surface area contributed by atoms with E-state index in [9.17, 15) is 4.79 Å². The molecule has 0 radical (unpaired) electrons. The van der Waals surface area contributed by atoms with E-state index >= 15 is 0 Å². The number of hydrogen-bond donors (Lipinski definition) is 1. The lowest BCUT2D eigenvalue weighted by Crippen LogP contribution is -2.48. The van der Waals surface area contributed by atoms with E-state index in [0.29, 0.717) is 31.2 Å². The van der Waals surface area contributed by atoms with E-state index in [4.69, 9.17) is 8.94 Å². The number of furan rings is 1. The number of rotatable bonds is 8. The smallest absolute Gasteiger partial charge is 0.287 e. The summed E-state index contributed by atoms with van der Waals surface area (Å²) >= 11 is 0. The molecule has 0 spiro atoms. The van der Waals surface area contributed by atoms with Gasteiger partial charge in [-0.05, 0) is 17.7 Å². The van der Waals surface area contributed by atoms with E-state index < -0.39 is 0 Å². The molecular weight excluding hydrogens is 370 g/mol. The van der Waals surface area contributed by atoms with Gasteiger partial charge in [0.25, 0.3) is 5.91 Å². The van der Waals surface area contributed by atoms with Crippen LogP contribution < -0.4 is 5.32 Å². The molecular formula is C21H25N5O3. The molecule has 1 N–H and O–H groups in total. The fourth-order valence-electron chi connectivity index (χ4n) is 3.39. The number of carbonyl (C=O) groups excluding carboxylic acids is 1. The third-order valence-electron chi connectivity index (χ3n) is 5.00. The third kappa shape index (κ3) is 5.52. The Balaban J connectivity index is 1.16. The largest absolute Gasteiger partial charge is 0.459 e. The van der Waals surface area contributed by atoms with Crippen LogP contribution in [0.3, 0.4) is 0 Å². The van der Waals surface area contributed by atoms with Crippen molar-refractivity contribution < 1.29 is 13.7 Å². The standard InChI is InChI=1S/C21H25N5O3/c27-21(18-7-4-14-28-18)22-8-9-25-10-12-26(13-11-25)16-20-23-19(24-29-20)15-17-5-2-1-3-6-17/h1-7,14H,8-13,15-16H2,(H,22,27). The minimum atomic E-state index is -0.170. The van der Waals surface area contributed by atoms with Crippen molar-refractivity contribution >= 4 is 5.91 Å². The highest BCUT2D eigenvalue weighted by molar-refractivity contribution is 5.91. The lowest BCUT2D eigenvalue weighted by Gasteiger charge is -2.33. The van der Waals surface area contributed by atoms with Gasteiger partial charge in [0.15, 0.2) is 11.6 Å². The Labute approximate surface area is 169 Å². The van der Waals surface area contributed by atoms with E-state index in [-0.39, 0.29) is 5.91 Å². The topological polar surface area (TPSA) is 87.6 Å². The maximum atomic E-state index is 11.9. The van der Waals surface area contributed by atoms with Crippen molar-refractivity contribution in [3.05, 3.63) is 71.8 Å². The summed E-state index contributed by atoms with van der Waals surface area (Å²) in [6, 6.07) is 13.5. The van der Waals surface area contributed by atoms with Crippen molar-refractivity contribution in [3.63, 3.8) is 0 Å². The molecule has 1 aromatic carbocycles. The Hall–Kier alpha value is -2.97. The molecule has 8 heteroatoms. The number of hydrogen-bond acceptors (Lipinski definition) is 7. The predicted octanol–water partition coefficient (Wildman–Crippen LogP) is 1.80.